The molecule has 1 heterocycles. The fourth-order valence-electron chi connectivity index (χ4n) is 2.91. The average molecular weight is 257 g/mol. The normalized spacial score (nSPS) is 21.1. The summed E-state index contributed by atoms with van der Waals surface area (Å²) in [6.07, 6.45) is 3.70. The van der Waals surface area contributed by atoms with Crippen molar-refractivity contribution in [1.29, 1.82) is 0 Å². The van der Waals surface area contributed by atoms with Crippen molar-refractivity contribution < 1.29 is 4.52 Å². The number of rotatable bonds is 3. The summed E-state index contributed by atoms with van der Waals surface area (Å²) < 4.78 is 4.76. The van der Waals surface area contributed by atoms with Crippen LogP contribution in [-0.2, 0) is 12.0 Å². The van der Waals surface area contributed by atoms with Crippen LogP contribution in [0.4, 0.5) is 0 Å². The van der Waals surface area contributed by atoms with Gasteiger partial charge in [-0.25, -0.2) is 0 Å². The molecule has 0 aliphatic heterocycles. The predicted octanol–water partition coefficient (Wildman–Crippen LogP) is 2.97. The minimum absolute atomic E-state index is 0.265. The first kappa shape index (κ1) is 12.4. The first-order valence-electron chi connectivity index (χ1n) is 6.75. The summed E-state index contributed by atoms with van der Waals surface area (Å²) in [5.74, 6) is 0.710. The highest BCUT2D eigenvalue weighted by atomic mass is 16.5. The van der Waals surface area contributed by atoms with Crippen molar-refractivity contribution in [1.82, 2.24) is 15.5 Å². The lowest BCUT2D eigenvalue weighted by Crippen LogP contribution is -2.32. The SMILES string of the molecule is CC1(C)CCC(NCc2ncon2)c2ccccc21. The van der Waals surface area contributed by atoms with E-state index in [0.29, 0.717) is 18.4 Å². The molecule has 100 valence electrons. The Balaban J connectivity index is 1.80. The summed E-state index contributed by atoms with van der Waals surface area (Å²) in [5, 5.41) is 7.37. The zero-order valence-electron chi connectivity index (χ0n) is 11.4. The first-order valence-corrected chi connectivity index (χ1v) is 6.75. The zero-order valence-corrected chi connectivity index (χ0v) is 11.4. The Hall–Kier alpha value is -1.68. The van der Waals surface area contributed by atoms with Crippen LogP contribution in [-0.4, -0.2) is 10.1 Å². The summed E-state index contributed by atoms with van der Waals surface area (Å²) in [6, 6.07) is 9.09. The van der Waals surface area contributed by atoms with E-state index in [2.05, 4.69) is 53.6 Å². The molecule has 0 bridgehead atoms. The Morgan fingerprint density at radius 2 is 2.21 bits per heavy atom. The second kappa shape index (κ2) is 4.78. The third-order valence-corrected chi connectivity index (χ3v) is 4.04. The fourth-order valence-corrected chi connectivity index (χ4v) is 2.91. The maximum Gasteiger partial charge on any atom is 0.213 e. The number of nitrogens with one attached hydrogen (secondary N) is 1. The maximum atomic E-state index is 4.76. The van der Waals surface area contributed by atoms with Gasteiger partial charge in [0.25, 0.3) is 0 Å². The van der Waals surface area contributed by atoms with Crippen molar-refractivity contribution in [2.75, 3.05) is 0 Å². The summed E-state index contributed by atoms with van der Waals surface area (Å²) in [7, 11) is 0. The van der Waals surface area contributed by atoms with Crippen LogP contribution in [0.15, 0.2) is 35.2 Å². The van der Waals surface area contributed by atoms with Crippen LogP contribution >= 0.6 is 0 Å². The van der Waals surface area contributed by atoms with E-state index >= 15 is 0 Å². The largest absolute Gasteiger partial charge is 0.343 e. The van der Waals surface area contributed by atoms with Gasteiger partial charge in [-0.15, -0.1) is 0 Å². The van der Waals surface area contributed by atoms with Crippen LogP contribution < -0.4 is 5.32 Å². The summed E-state index contributed by atoms with van der Waals surface area (Å²) >= 11 is 0. The Labute approximate surface area is 113 Å². The maximum absolute atomic E-state index is 4.76. The molecule has 1 atom stereocenters. The van der Waals surface area contributed by atoms with E-state index in [-0.39, 0.29) is 5.41 Å². The molecule has 0 spiro atoms. The molecule has 4 nitrogen and oxygen atoms in total. The Morgan fingerprint density at radius 3 is 3.00 bits per heavy atom. The van der Waals surface area contributed by atoms with Gasteiger partial charge in [-0.3, -0.25) is 0 Å². The van der Waals surface area contributed by atoms with Gasteiger partial charge in [-0.05, 0) is 29.4 Å². The van der Waals surface area contributed by atoms with Gasteiger partial charge >= 0.3 is 0 Å². The zero-order chi connectivity index (χ0) is 13.3. The van der Waals surface area contributed by atoms with Gasteiger partial charge < -0.3 is 9.84 Å². The molecule has 1 N–H and O–H groups in total. The Kier molecular flexibility index (Phi) is 3.11. The van der Waals surface area contributed by atoms with Gasteiger partial charge in [-0.2, -0.15) is 4.98 Å². The first-order chi connectivity index (χ1) is 9.17. The van der Waals surface area contributed by atoms with Crippen LogP contribution in [0, 0.1) is 0 Å². The van der Waals surface area contributed by atoms with E-state index in [1.807, 2.05) is 0 Å². The van der Waals surface area contributed by atoms with Crippen LogP contribution in [0.3, 0.4) is 0 Å². The molecule has 3 rings (SSSR count). The lowest BCUT2D eigenvalue weighted by molar-refractivity contribution is 0.351. The van der Waals surface area contributed by atoms with Gasteiger partial charge in [0.15, 0.2) is 5.82 Å². The lowest BCUT2D eigenvalue weighted by Gasteiger charge is -2.37. The van der Waals surface area contributed by atoms with Gasteiger partial charge in [0.05, 0.1) is 6.54 Å². The van der Waals surface area contributed by atoms with E-state index in [1.54, 1.807) is 0 Å². The topological polar surface area (TPSA) is 51.0 Å². The molecular formula is C15H19N3O. The molecular weight excluding hydrogens is 238 g/mol. The number of benzene rings is 1. The highest BCUT2D eigenvalue weighted by Gasteiger charge is 2.31. The number of fused-ring (bicyclic) bond motifs is 1. The Morgan fingerprint density at radius 1 is 1.37 bits per heavy atom. The quantitative estimate of drug-likeness (QED) is 0.918. The molecule has 0 saturated heterocycles. The van der Waals surface area contributed by atoms with Crippen molar-refractivity contribution in [3.05, 3.63) is 47.6 Å². The standard InChI is InChI=1S/C15H19N3O/c1-15(2)8-7-13(11-5-3-4-6-12(11)15)16-9-14-17-10-19-18-14/h3-6,10,13,16H,7-9H2,1-2H3. The van der Waals surface area contributed by atoms with Crippen molar-refractivity contribution in [2.45, 2.75) is 44.7 Å². The van der Waals surface area contributed by atoms with Crippen molar-refractivity contribution in [3.63, 3.8) is 0 Å². The second-order valence-corrected chi connectivity index (χ2v) is 5.79. The van der Waals surface area contributed by atoms with Crippen molar-refractivity contribution >= 4 is 0 Å². The third kappa shape index (κ3) is 2.40. The molecule has 1 aromatic carbocycles. The van der Waals surface area contributed by atoms with Crippen LogP contribution in [0.2, 0.25) is 0 Å². The van der Waals surface area contributed by atoms with Gasteiger partial charge in [-0.1, -0.05) is 43.3 Å². The van der Waals surface area contributed by atoms with Crippen LogP contribution in [0.25, 0.3) is 0 Å². The molecule has 19 heavy (non-hydrogen) atoms. The Bertz CT molecular complexity index is 548. The van der Waals surface area contributed by atoms with Gasteiger partial charge in [0.2, 0.25) is 6.39 Å². The fraction of sp³-hybridized carbons (Fsp3) is 0.467. The number of hydrogen-bond acceptors (Lipinski definition) is 4. The number of aromatic nitrogens is 2. The van der Waals surface area contributed by atoms with E-state index in [9.17, 15) is 0 Å². The number of hydrogen-bond donors (Lipinski definition) is 1. The molecule has 0 radical (unpaired) electrons. The molecule has 1 aliphatic rings. The van der Waals surface area contributed by atoms with E-state index in [0.717, 1.165) is 6.42 Å². The van der Waals surface area contributed by atoms with E-state index < -0.39 is 0 Å². The highest BCUT2D eigenvalue weighted by Crippen LogP contribution is 2.41. The average Bonchev–Trinajstić information content (AvgIpc) is 2.91. The lowest BCUT2D eigenvalue weighted by atomic mass is 9.71. The van der Waals surface area contributed by atoms with Crippen LogP contribution in [0.5, 0.6) is 0 Å². The smallest absolute Gasteiger partial charge is 0.213 e. The molecule has 1 aromatic heterocycles. The molecule has 0 amide bonds. The molecule has 1 unspecified atom stereocenters. The molecule has 1 aliphatic carbocycles. The predicted molar refractivity (Wildman–Crippen MR) is 72.6 cm³/mol. The highest BCUT2D eigenvalue weighted by molar-refractivity contribution is 5.38. The summed E-state index contributed by atoms with van der Waals surface area (Å²) in [5.41, 5.74) is 3.12. The second-order valence-electron chi connectivity index (χ2n) is 5.79. The minimum atomic E-state index is 0.265. The molecule has 2 aromatic rings. The molecule has 4 heteroatoms. The van der Waals surface area contributed by atoms with E-state index in [4.69, 9.17) is 4.52 Å². The van der Waals surface area contributed by atoms with E-state index in [1.165, 1.54) is 23.9 Å². The minimum Gasteiger partial charge on any atom is -0.343 e. The van der Waals surface area contributed by atoms with Gasteiger partial charge in [0.1, 0.15) is 0 Å². The third-order valence-electron chi connectivity index (χ3n) is 4.04. The summed E-state index contributed by atoms with van der Waals surface area (Å²) in [6.45, 7) is 5.29. The van der Waals surface area contributed by atoms with Crippen molar-refractivity contribution in [3.8, 4) is 0 Å². The van der Waals surface area contributed by atoms with Crippen molar-refractivity contribution in [2.24, 2.45) is 0 Å². The van der Waals surface area contributed by atoms with Gasteiger partial charge in [0, 0.05) is 6.04 Å². The number of nitrogens with zero attached hydrogens (tertiary/aromatic N) is 2. The molecule has 0 fully saturated rings. The van der Waals surface area contributed by atoms with Crippen LogP contribution in [0.1, 0.15) is 49.7 Å². The summed E-state index contributed by atoms with van der Waals surface area (Å²) in [4.78, 5) is 4.04. The molecule has 0 saturated carbocycles. The monoisotopic (exact) mass is 257 g/mol.